The lowest BCUT2D eigenvalue weighted by Gasteiger charge is -2.06. The van der Waals surface area contributed by atoms with Crippen molar-refractivity contribution in [3.8, 4) is 0 Å². The molecule has 1 amide bonds. The molecule has 0 radical (unpaired) electrons. The largest absolute Gasteiger partial charge is 0.345 e. The van der Waals surface area contributed by atoms with Gasteiger partial charge in [-0.3, -0.25) is 4.79 Å². The van der Waals surface area contributed by atoms with Crippen molar-refractivity contribution in [3.05, 3.63) is 52.8 Å². The Morgan fingerprint density at radius 1 is 1.26 bits per heavy atom. The number of carbonyl (C=O) groups is 1. The normalized spacial score (nSPS) is 11.2. The van der Waals surface area contributed by atoms with Gasteiger partial charge in [0.05, 0.1) is 23.0 Å². The number of benzene rings is 1. The summed E-state index contributed by atoms with van der Waals surface area (Å²) in [6.07, 6.45) is 1.62. The minimum absolute atomic E-state index is 0.138. The molecule has 0 spiro atoms. The standard InChI is InChI=1S/C17H14N4OS/c1-9-5-10(2)20-17-15(9)14(7-23-17)21-16(22)11-3-4-12-13(6-11)19-8-18-12/h3-8H,1-2H3,(H,18,19)(H,21,22). The average Bonchev–Trinajstić information content (AvgIpc) is 3.13. The zero-order valence-electron chi connectivity index (χ0n) is 12.7. The lowest BCUT2D eigenvalue weighted by molar-refractivity contribution is 0.102. The molecule has 4 aromatic rings. The minimum Gasteiger partial charge on any atom is -0.345 e. The number of aryl methyl sites for hydroxylation is 2. The Kier molecular flexibility index (Phi) is 3.12. The van der Waals surface area contributed by atoms with Crippen LogP contribution in [0, 0.1) is 13.8 Å². The van der Waals surface area contributed by atoms with Crippen molar-refractivity contribution in [2.45, 2.75) is 13.8 Å². The first-order chi connectivity index (χ1) is 11.1. The number of thiophene rings is 1. The minimum atomic E-state index is -0.138. The summed E-state index contributed by atoms with van der Waals surface area (Å²) in [5, 5.41) is 5.95. The van der Waals surface area contributed by atoms with Crippen molar-refractivity contribution in [1.29, 1.82) is 0 Å². The molecule has 0 aliphatic rings. The van der Waals surface area contributed by atoms with Crippen molar-refractivity contribution in [1.82, 2.24) is 15.0 Å². The molecule has 0 saturated carbocycles. The second-order valence-electron chi connectivity index (χ2n) is 5.50. The number of carbonyl (C=O) groups excluding carboxylic acids is 1. The molecule has 114 valence electrons. The number of H-pyrrole nitrogens is 1. The van der Waals surface area contributed by atoms with Gasteiger partial charge in [-0.15, -0.1) is 11.3 Å². The van der Waals surface area contributed by atoms with E-state index in [9.17, 15) is 4.79 Å². The molecule has 6 heteroatoms. The van der Waals surface area contributed by atoms with E-state index in [0.29, 0.717) is 5.56 Å². The molecule has 23 heavy (non-hydrogen) atoms. The van der Waals surface area contributed by atoms with Crippen molar-refractivity contribution >= 4 is 44.2 Å². The fourth-order valence-corrected chi connectivity index (χ4v) is 3.74. The summed E-state index contributed by atoms with van der Waals surface area (Å²) in [5.74, 6) is -0.138. The molecule has 0 bridgehead atoms. The predicted molar refractivity (Wildman–Crippen MR) is 93.1 cm³/mol. The third-order valence-corrected chi connectivity index (χ3v) is 4.67. The van der Waals surface area contributed by atoms with Gasteiger partial charge in [0.15, 0.2) is 0 Å². The van der Waals surface area contributed by atoms with E-state index in [2.05, 4.69) is 20.3 Å². The van der Waals surface area contributed by atoms with Crippen LogP contribution in [0.15, 0.2) is 36.0 Å². The van der Waals surface area contributed by atoms with Crippen LogP contribution >= 0.6 is 11.3 Å². The molecular formula is C17H14N4OS. The Bertz CT molecular complexity index is 1050. The Hall–Kier alpha value is -2.73. The number of aromatic amines is 1. The number of aromatic nitrogens is 3. The van der Waals surface area contributed by atoms with Gasteiger partial charge in [-0.1, -0.05) is 0 Å². The molecule has 1 aromatic carbocycles. The highest BCUT2D eigenvalue weighted by Gasteiger charge is 2.13. The van der Waals surface area contributed by atoms with E-state index in [1.54, 1.807) is 23.7 Å². The number of pyridine rings is 1. The summed E-state index contributed by atoms with van der Waals surface area (Å²) in [6, 6.07) is 7.45. The average molecular weight is 322 g/mol. The number of fused-ring (bicyclic) bond motifs is 2. The molecule has 0 fully saturated rings. The maximum absolute atomic E-state index is 12.5. The Morgan fingerprint density at radius 2 is 2.13 bits per heavy atom. The molecule has 0 atom stereocenters. The number of nitrogens with one attached hydrogen (secondary N) is 2. The van der Waals surface area contributed by atoms with Crippen molar-refractivity contribution < 1.29 is 4.79 Å². The Balaban J connectivity index is 1.71. The van der Waals surface area contributed by atoms with Gasteiger partial charge in [-0.2, -0.15) is 0 Å². The van der Waals surface area contributed by atoms with Crippen LogP contribution < -0.4 is 5.32 Å². The van der Waals surface area contributed by atoms with Crippen LogP contribution in [0.5, 0.6) is 0 Å². The van der Waals surface area contributed by atoms with E-state index < -0.39 is 0 Å². The third-order valence-electron chi connectivity index (χ3n) is 3.80. The van der Waals surface area contributed by atoms with Gasteiger partial charge < -0.3 is 10.3 Å². The van der Waals surface area contributed by atoms with Gasteiger partial charge in [0.25, 0.3) is 5.91 Å². The van der Waals surface area contributed by atoms with E-state index in [1.807, 2.05) is 37.4 Å². The van der Waals surface area contributed by atoms with Crippen LogP contribution in [0.25, 0.3) is 21.3 Å². The third kappa shape index (κ3) is 2.37. The topological polar surface area (TPSA) is 70.7 Å². The number of nitrogens with zero attached hydrogens (tertiary/aromatic N) is 2. The first-order valence-corrected chi connectivity index (χ1v) is 8.10. The number of amides is 1. The number of hydrogen-bond acceptors (Lipinski definition) is 4. The number of hydrogen-bond donors (Lipinski definition) is 2. The molecule has 5 nitrogen and oxygen atoms in total. The summed E-state index contributed by atoms with van der Waals surface area (Å²) in [7, 11) is 0. The maximum Gasteiger partial charge on any atom is 0.255 e. The van der Waals surface area contributed by atoms with Gasteiger partial charge in [0.2, 0.25) is 0 Å². The number of imidazole rings is 1. The van der Waals surface area contributed by atoms with Crippen molar-refractivity contribution in [3.63, 3.8) is 0 Å². The first-order valence-electron chi connectivity index (χ1n) is 7.22. The van der Waals surface area contributed by atoms with Crippen LogP contribution in [0.3, 0.4) is 0 Å². The molecule has 2 N–H and O–H groups in total. The molecule has 0 unspecified atom stereocenters. The summed E-state index contributed by atoms with van der Waals surface area (Å²) in [4.78, 5) is 25.2. The van der Waals surface area contributed by atoms with Gasteiger partial charge in [-0.05, 0) is 43.7 Å². The van der Waals surface area contributed by atoms with Gasteiger partial charge in [-0.25, -0.2) is 9.97 Å². The zero-order chi connectivity index (χ0) is 16.0. The zero-order valence-corrected chi connectivity index (χ0v) is 13.5. The SMILES string of the molecule is Cc1cc(C)c2c(NC(=O)c3ccc4nc[nH]c4c3)csc2n1. The van der Waals surface area contributed by atoms with E-state index in [1.165, 1.54) is 0 Å². The summed E-state index contributed by atoms with van der Waals surface area (Å²) >= 11 is 1.54. The number of anilines is 1. The maximum atomic E-state index is 12.5. The van der Waals surface area contributed by atoms with Crippen LogP contribution in [-0.4, -0.2) is 20.9 Å². The summed E-state index contributed by atoms with van der Waals surface area (Å²) < 4.78 is 0. The Morgan fingerprint density at radius 3 is 3.00 bits per heavy atom. The van der Waals surface area contributed by atoms with Crippen LogP contribution in [0.1, 0.15) is 21.6 Å². The Labute approximate surface area is 136 Å². The van der Waals surface area contributed by atoms with Gasteiger partial charge in [0.1, 0.15) is 4.83 Å². The molecule has 0 aliphatic heterocycles. The van der Waals surface area contributed by atoms with Gasteiger partial charge >= 0.3 is 0 Å². The highest BCUT2D eigenvalue weighted by molar-refractivity contribution is 7.17. The highest BCUT2D eigenvalue weighted by Crippen LogP contribution is 2.32. The summed E-state index contributed by atoms with van der Waals surface area (Å²) in [5.41, 5.74) is 5.20. The second-order valence-corrected chi connectivity index (χ2v) is 6.36. The van der Waals surface area contributed by atoms with E-state index in [4.69, 9.17) is 0 Å². The lowest BCUT2D eigenvalue weighted by atomic mass is 10.1. The quantitative estimate of drug-likeness (QED) is 0.585. The van der Waals surface area contributed by atoms with E-state index in [-0.39, 0.29) is 5.91 Å². The number of rotatable bonds is 2. The summed E-state index contributed by atoms with van der Waals surface area (Å²) in [6.45, 7) is 4.01. The molecule has 4 rings (SSSR count). The molecule has 3 aromatic heterocycles. The first kappa shape index (κ1) is 13.9. The van der Waals surface area contributed by atoms with Crippen LogP contribution in [-0.2, 0) is 0 Å². The van der Waals surface area contributed by atoms with Crippen molar-refractivity contribution in [2.24, 2.45) is 0 Å². The fourth-order valence-electron chi connectivity index (χ4n) is 2.75. The highest BCUT2D eigenvalue weighted by atomic mass is 32.1. The van der Waals surface area contributed by atoms with E-state index >= 15 is 0 Å². The van der Waals surface area contributed by atoms with E-state index in [0.717, 1.165) is 38.2 Å². The lowest BCUT2D eigenvalue weighted by Crippen LogP contribution is -2.11. The molecule has 0 aliphatic carbocycles. The van der Waals surface area contributed by atoms with Crippen molar-refractivity contribution in [2.75, 3.05) is 5.32 Å². The monoisotopic (exact) mass is 322 g/mol. The molecular weight excluding hydrogens is 308 g/mol. The predicted octanol–water partition coefficient (Wildman–Crippen LogP) is 4.04. The molecule has 3 heterocycles. The van der Waals surface area contributed by atoms with Crippen LogP contribution in [0.4, 0.5) is 5.69 Å². The fraction of sp³-hybridized carbons (Fsp3) is 0.118. The smallest absolute Gasteiger partial charge is 0.255 e. The van der Waals surface area contributed by atoms with Gasteiger partial charge in [0, 0.05) is 22.0 Å². The van der Waals surface area contributed by atoms with Crippen LogP contribution in [0.2, 0.25) is 0 Å². The molecule has 0 saturated heterocycles. The second kappa shape index (κ2) is 5.17.